The number of carbonyl (C=O) groups is 1. The van der Waals surface area contributed by atoms with E-state index in [4.69, 9.17) is 23.2 Å². The quantitative estimate of drug-likeness (QED) is 0.742. The lowest BCUT2D eigenvalue weighted by atomic mass is 9.95. The van der Waals surface area contributed by atoms with Crippen molar-refractivity contribution in [2.45, 2.75) is 44.7 Å². The van der Waals surface area contributed by atoms with E-state index in [2.05, 4.69) is 20.5 Å². The number of aromatic nitrogens is 1. The number of hydrogen-bond acceptors (Lipinski definition) is 4. The van der Waals surface area contributed by atoms with Gasteiger partial charge >= 0.3 is 0 Å². The summed E-state index contributed by atoms with van der Waals surface area (Å²) >= 11 is 12.5. The molecular weight excluding hydrogens is 395 g/mol. The lowest BCUT2D eigenvalue weighted by Crippen LogP contribution is -2.37. The third kappa shape index (κ3) is 4.36. The van der Waals surface area contributed by atoms with Crippen molar-refractivity contribution in [1.82, 2.24) is 10.3 Å². The van der Waals surface area contributed by atoms with Gasteiger partial charge in [-0.25, -0.2) is 4.98 Å². The molecule has 0 saturated heterocycles. The summed E-state index contributed by atoms with van der Waals surface area (Å²) in [6.07, 6.45) is 7.41. The summed E-state index contributed by atoms with van der Waals surface area (Å²) in [5.41, 5.74) is 2.47. The molecule has 7 heteroatoms. The van der Waals surface area contributed by atoms with Crippen LogP contribution in [0.4, 0.5) is 11.5 Å². The molecule has 2 N–H and O–H groups in total. The van der Waals surface area contributed by atoms with Crippen LogP contribution in [0.3, 0.4) is 0 Å². The molecule has 1 amide bonds. The van der Waals surface area contributed by atoms with Crippen molar-refractivity contribution in [3.63, 3.8) is 0 Å². The Hall–Kier alpha value is -1.98. The van der Waals surface area contributed by atoms with Crippen molar-refractivity contribution in [1.29, 1.82) is 0 Å². The minimum atomic E-state index is -0.0477. The van der Waals surface area contributed by atoms with Gasteiger partial charge in [-0.1, -0.05) is 42.5 Å². The molecule has 4 rings (SSSR count). The van der Waals surface area contributed by atoms with Crippen molar-refractivity contribution < 1.29 is 4.79 Å². The maximum atomic E-state index is 12.7. The molecule has 1 aliphatic heterocycles. The number of benzene rings is 1. The van der Waals surface area contributed by atoms with Crippen LogP contribution in [0.15, 0.2) is 30.5 Å². The molecule has 2 aliphatic rings. The Bertz CT molecular complexity index is 867. The normalized spacial score (nSPS) is 17.0. The topological polar surface area (TPSA) is 57.3 Å². The fourth-order valence-electron chi connectivity index (χ4n) is 3.93. The van der Waals surface area contributed by atoms with Crippen LogP contribution in [-0.4, -0.2) is 30.0 Å². The molecule has 0 bridgehead atoms. The lowest BCUT2D eigenvalue weighted by molar-refractivity contribution is 0.0927. The second kappa shape index (κ2) is 8.58. The van der Waals surface area contributed by atoms with E-state index >= 15 is 0 Å². The van der Waals surface area contributed by atoms with E-state index in [0.717, 1.165) is 43.0 Å². The summed E-state index contributed by atoms with van der Waals surface area (Å²) in [6, 6.07) is 7.68. The third-order valence-electron chi connectivity index (χ3n) is 5.45. The summed E-state index contributed by atoms with van der Waals surface area (Å²) in [5, 5.41) is 7.82. The van der Waals surface area contributed by atoms with Gasteiger partial charge < -0.3 is 15.5 Å². The molecular formula is C21H24Cl2N4O. The van der Waals surface area contributed by atoms with Crippen LogP contribution in [0.25, 0.3) is 0 Å². The average Bonchev–Trinajstić information content (AvgIpc) is 2.71. The number of nitrogens with one attached hydrogen (secondary N) is 2. The second-order valence-corrected chi connectivity index (χ2v) is 8.33. The number of fused-ring (bicyclic) bond motifs is 1. The molecule has 1 aromatic heterocycles. The van der Waals surface area contributed by atoms with Crippen molar-refractivity contribution in [2.75, 3.05) is 23.3 Å². The maximum Gasteiger partial charge on any atom is 0.253 e. The van der Waals surface area contributed by atoms with Crippen LogP contribution in [-0.2, 0) is 6.54 Å². The fraction of sp³-hybridized carbons (Fsp3) is 0.429. The Morgan fingerprint density at radius 3 is 2.86 bits per heavy atom. The molecule has 2 heterocycles. The van der Waals surface area contributed by atoms with Crippen LogP contribution >= 0.6 is 23.2 Å². The highest BCUT2D eigenvalue weighted by atomic mass is 35.5. The fourth-order valence-corrected chi connectivity index (χ4v) is 4.31. The number of pyridine rings is 1. The van der Waals surface area contributed by atoms with Crippen LogP contribution in [0.2, 0.25) is 10.0 Å². The minimum absolute atomic E-state index is 0.0477. The smallest absolute Gasteiger partial charge is 0.253 e. The standard InChI is InChI=1S/C21H24Cl2N4O/c22-16-6-7-18(23)15(10-16)13-27-9-8-24-20-19(27)11-14(12-25-20)21(28)26-17-4-2-1-3-5-17/h6-7,10-12,17H,1-5,8-9,13H2,(H,24,25)(H,26,28). The highest BCUT2D eigenvalue weighted by Gasteiger charge is 2.22. The number of halogens is 2. The van der Waals surface area contributed by atoms with Gasteiger partial charge in [0.25, 0.3) is 5.91 Å². The first-order chi connectivity index (χ1) is 13.6. The molecule has 0 radical (unpaired) electrons. The van der Waals surface area contributed by atoms with E-state index in [1.165, 1.54) is 19.3 Å². The van der Waals surface area contributed by atoms with Gasteiger partial charge in [-0.05, 0) is 42.7 Å². The second-order valence-electron chi connectivity index (χ2n) is 7.48. The first kappa shape index (κ1) is 19.3. The predicted molar refractivity (Wildman–Crippen MR) is 115 cm³/mol. The Kier molecular flexibility index (Phi) is 5.93. The third-order valence-corrected chi connectivity index (χ3v) is 6.06. The Morgan fingerprint density at radius 2 is 2.04 bits per heavy atom. The molecule has 1 saturated carbocycles. The number of rotatable bonds is 4. The average molecular weight is 419 g/mol. The number of carbonyl (C=O) groups excluding carboxylic acids is 1. The Balaban J connectivity index is 1.54. The lowest BCUT2D eigenvalue weighted by Gasteiger charge is -2.32. The van der Waals surface area contributed by atoms with E-state index in [1.54, 1.807) is 12.3 Å². The molecule has 1 aromatic carbocycles. The first-order valence-electron chi connectivity index (χ1n) is 9.84. The molecule has 1 fully saturated rings. The zero-order valence-corrected chi connectivity index (χ0v) is 17.2. The molecule has 0 unspecified atom stereocenters. The zero-order chi connectivity index (χ0) is 19.5. The van der Waals surface area contributed by atoms with Crippen molar-refractivity contribution in [3.05, 3.63) is 51.6 Å². The van der Waals surface area contributed by atoms with E-state index < -0.39 is 0 Å². The summed E-state index contributed by atoms with van der Waals surface area (Å²) in [6.45, 7) is 2.19. The van der Waals surface area contributed by atoms with Crippen LogP contribution in [0, 0.1) is 0 Å². The minimum Gasteiger partial charge on any atom is -0.367 e. The SMILES string of the molecule is O=C(NC1CCCCC1)c1cnc2c(c1)N(Cc1cc(Cl)ccc1Cl)CCN2. The van der Waals surface area contributed by atoms with Gasteiger partial charge in [0, 0.05) is 41.9 Å². The van der Waals surface area contributed by atoms with Gasteiger partial charge in [0.1, 0.15) is 5.82 Å². The number of amides is 1. The van der Waals surface area contributed by atoms with Crippen LogP contribution in [0.5, 0.6) is 0 Å². The molecule has 148 valence electrons. The number of hydrogen-bond donors (Lipinski definition) is 2. The van der Waals surface area contributed by atoms with Gasteiger partial charge in [0.05, 0.1) is 11.3 Å². The van der Waals surface area contributed by atoms with Crippen LogP contribution in [0.1, 0.15) is 48.0 Å². The van der Waals surface area contributed by atoms with Gasteiger partial charge in [-0.3, -0.25) is 4.79 Å². The summed E-state index contributed by atoms with van der Waals surface area (Å²) in [5.74, 6) is 0.743. The van der Waals surface area contributed by atoms with Crippen molar-refractivity contribution >= 4 is 40.6 Å². The molecule has 0 atom stereocenters. The van der Waals surface area contributed by atoms with E-state index in [1.807, 2.05) is 18.2 Å². The van der Waals surface area contributed by atoms with E-state index in [9.17, 15) is 4.79 Å². The summed E-state index contributed by atoms with van der Waals surface area (Å²) < 4.78 is 0. The Morgan fingerprint density at radius 1 is 1.21 bits per heavy atom. The number of nitrogens with zero attached hydrogens (tertiary/aromatic N) is 2. The molecule has 1 aliphatic carbocycles. The highest BCUT2D eigenvalue weighted by Crippen LogP contribution is 2.31. The van der Waals surface area contributed by atoms with Gasteiger partial charge in [0.15, 0.2) is 0 Å². The molecule has 0 spiro atoms. The monoisotopic (exact) mass is 418 g/mol. The Labute approximate surface area is 175 Å². The molecule has 5 nitrogen and oxygen atoms in total. The first-order valence-corrected chi connectivity index (χ1v) is 10.6. The zero-order valence-electron chi connectivity index (χ0n) is 15.7. The van der Waals surface area contributed by atoms with Crippen molar-refractivity contribution in [3.8, 4) is 0 Å². The van der Waals surface area contributed by atoms with Crippen molar-refractivity contribution in [2.24, 2.45) is 0 Å². The van der Waals surface area contributed by atoms with E-state index in [0.29, 0.717) is 22.2 Å². The number of anilines is 2. The van der Waals surface area contributed by atoms with E-state index in [-0.39, 0.29) is 11.9 Å². The summed E-state index contributed by atoms with van der Waals surface area (Å²) in [4.78, 5) is 19.4. The van der Waals surface area contributed by atoms with Gasteiger partial charge in [-0.2, -0.15) is 0 Å². The predicted octanol–water partition coefficient (Wildman–Crippen LogP) is 4.88. The highest BCUT2D eigenvalue weighted by molar-refractivity contribution is 6.33. The van der Waals surface area contributed by atoms with Gasteiger partial charge in [0.2, 0.25) is 0 Å². The molecule has 28 heavy (non-hydrogen) atoms. The van der Waals surface area contributed by atoms with Gasteiger partial charge in [-0.15, -0.1) is 0 Å². The molecule has 2 aromatic rings. The van der Waals surface area contributed by atoms with Crippen LogP contribution < -0.4 is 15.5 Å². The maximum absolute atomic E-state index is 12.7. The summed E-state index contributed by atoms with van der Waals surface area (Å²) in [7, 11) is 0. The largest absolute Gasteiger partial charge is 0.367 e.